The highest BCUT2D eigenvalue weighted by molar-refractivity contribution is 5.81. The third-order valence-corrected chi connectivity index (χ3v) is 2.38. The van der Waals surface area contributed by atoms with Crippen molar-refractivity contribution in [3.63, 3.8) is 0 Å². The van der Waals surface area contributed by atoms with E-state index >= 15 is 0 Å². The summed E-state index contributed by atoms with van der Waals surface area (Å²) < 4.78 is 0. The van der Waals surface area contributed by atoms with Crippen LogP contribution in [0.5, 0.6) is 0 Å². The van der Waals surface area contributed by atoms with Gasteiger partial charge in [0, 0.05) is 5.41 Å². The quantitative estimate of drug-likeness (QED) is 0.803. The van der Waals surface area contributed by atoms with Gasteiger partial charge in [0.1, 0.15) is 5.69 Å². The molecule has 0 aliphatic carbocycles. The fraction of sp³-hybridized carbons (Fsp3) is 0.308. The number of aromatic amines is 1. The lowest BCUT2D eigenvalue weighted by molar-refractivity contribution is 0.566. The Kier molecular flexibility index (Phi) is 3.04. The molecule has 0 unspecified atom stereocenters. The van der Waals surface area contributed by atoms with Crippen molar-refractivity contribution in [1.29, 1.82) is 0 Å². The third-order valence-electron chi connectivity index (χ3n) is 2.38. The van der Waals surface area contributed by atoms with Crippen LogP contribution in [0.2, 0.25) is 0 Å². The second-order valence-corrected chi connectivity index (χ2v) is 4.90. The van der Waals surface area contributed by atoms with E-state index in [0.29, 0.717) is 0 Å². The molecule has 4 heteroatoms. The Labute approximate surface area is 101 Å². The number of benzene rings is 1. The molecular formula is C13H16N4. The lowest BCUT2D eigenvalue weighted by atomic mass is 9.91. The molecule has 2 rings (SSSR count). The minimum atomic E-state index is -0.0367. The molecule has 0 bridgehead atoms. The van der Waals surface area contributed by atoms with Gasteiger partial charge >= 0.3 is 0 Å². The van der Waals surface area contributed by atoms with E-state index in [1.807, 2.05) is 30.3 Å². The number of H-pyrrole nitrogens is 1. The molecule has 17 heavy (non-hydrogen) atoms. The van der Waals surface area contributed by atoms with Gasteiger partial charge in [-0.2, -0.15) is 15.4 Å². The number of hydrogen-bond acceptors (Lipinski definition) is 3. The van der Waals surface area contributed by atoms with Crippen molar-refractivity contribution in [2.45, 2.75) is 26.2 Å². The molecule has 0 amide bonds. The number of aromatic nitrogens is 3. The zero-order valence-corrected chi connectivity index (χ0v) is 10.3. The van der Waals surface area contributed by atoms with Crippen LogP contribution in [0, 0.1) is 0 Å². The Morgan fingerprint density at radius 2 is 1.82 bits per heavy atom. The van der Waals surface area contributed by atoms with Crippen molar-refractivity contribution in [2.24, 2.45) is 4.99 Å². The smallest absolute Gasteiger partial charge is 0.127 e. The van der Waals surface area contributed by atoms with Gasteiger partial charge < -0.3 is 0 Å². The van der Waals surface area contributed by atoms with Crippen molar-refractivity contribution in [2.75, 3.05) is 0 Å². The highest BCUT2D eigenvalue weighted by atomic mass is 15.3. The zero-order chi connectivity index (χ0) is 12.3. The maximum atomic E-state index is 4.38. The number of para-hydroxylation sites is 1. The fourth-order valence-corrected chi connectivity index (χ4v) is 1.53. The SMILES string of the molecule is CC(C)(C)c1n[nH]nc1C=Nc1ccccc1. The van der Waals surface area contributed by atoms with Crippen molar-refractivity contribution >= 4 is 11.9 Å². The maximum absolute atomic E-state index is 4.38. The molecule has 1 N–H and O–H groups in total. The van der Waals surface area contributed by atoms with Crippen LogP contribution >= 0.6 is 0 Å². The third kappa shape index (κ3) is 2.78. The number of hydrogen-bond donors (Lipinski definition) is 1. The topological polar surface area (TPSA) is 53.9 Å². The van der Waals surface area contributed by atoms with E-state index in [0.717, 1.165) is 17.1 Å². The molecule has 0 saturated carbocycles. The molecule has 2 aromatic rings. The summed E-state index contributed by atoms with van der Waals surface area (Å²) in [5.74, 6) is 0. The van der Waals surface area contributed by atoms with Crippen molar-refractivity contribution in [3.05, 3.63) is 41.7 Å². The van der Waals surface area contributed by atoms with Gasteiger partial charge in [0.2, 0.25) is 0 Å². The largest absolute Gasteiger partial charge is 0.255 e. The van der Waals surface area contributed by atoms with Gasteiger partial charge in [-0.1, -0.05) is 39.0 Å². The summed E-state index contributed by atoms with van der Waals surface area (Å²) in [5, 5.41) is 10.9. The van der Waals surface area contributed by atoms with Crippen LogP contribution in [-0.4, -0.2) is 21.6 Å². The molecule has 1 heterocycles. The second-order valence-electron chi connectivity index (χ2n) is 4.90. The molecular weight excluding hydrogens is 212 g/mol. The number of nitrogens with one attached hydrogen (secondary N) is 1. The molecule has 1 aromatic heterocycles. The van der Waals surface area contributed by atoms with Crippen LogP contribution in [0.25, 0.3) is 0 Å². The van der Waals surface area contributed by atoms with Crippen LogP contribution in [-0.2, 0) is 5.41 Å². The summed E-state index contributed by atoms with van der Waals surface area (Å²) in [6.07, 6.45) is 1.75. The first-order valence-electron chi connectivity index (χ1n) is 5.58. The Morgan fingerprint density at radius 1 is 1.12 bits per heavy atom. The predicted molar refractivity (Wildman–Crippen MR) is 68.8 cm³/mol. The summed E-state index contributed by atoms with van der Waals surface area (Å²) >= 11 is 0. The monoisotopic (exact) mass is 228 g/mol. The summed E-state index contributed by atoms with van der Waals surface area (Å²) in [6.45, 7) is 6.31. The van der Waals surface area contributed by atoms with E-state index in [-0.39, 0.29) is 5.41 Å². The van der Waals surface area contributed by atoms with Gasteiger partial charge in [-0.05, 0) is 12.1 Å². The molecule has 1 aromatic carbocycles. The van der Waals surface area contributed by atoms with Crippen LogP contribution in [0.15, 0.2) is 35.3 Å². The number of nitrogens with zero attached hydrogens (tertiary/aromatic N) is 3. The summed E-state index contributed by atoms with van der Waals surface area (Å²) in [7, 11) is 0. The van der Waals surface area contributed by atoms with Gasteiger partial charge in [0.05, 0.1) is 17.6 Å². The van der Waals surface area contributed by atoms with E-state index in [1.165, 1.54) is 0 Å². The zero-order valence-electron chi connectivity index (χ0n) is 10.3. The molecule has 88 valence electrons. The lowest BCUT2D eigenvalue weighted by Crippen LogP contribution is -2.14. The Morgan fingerprint density at radius 3 is 2.47 bits per heavy atom. The predicted octanol–water partition coefficient (Wildman–Crippen LogP) is 2.85. The second kappa shape index (κ2) is 4.49. The van der Waals surface area contributed by atoms with E-state index in [2.05, 4.69) is 41.2 Å². The first kappa shape index (κ1) is 11.5. The van der Waals surface area contributed by atoms with E-state index < -0.39 is 0 Å². The summed E-state index contributed by atoms with van der Waals surface area (Å²) in [5.41, 5.74) is 2.60. The molecule has 0 radical (unpaired) electrons. The van der Waals surface area contributed by atoms with Crippen LogP contribution < -0.4 is 0 Å². The standard InChI is InChI=1S/C13H16N4/c1-13(2,3)12-11(15-17-16-12)9-14-10-7-5-4-6-8-10/h4-9H,1-3H3,(H,15,16,17). The van der Waals surface area contributed by atoms with Gasteiger partial charge in [0.15, 0.2) is 0 Å². The Hall–Kier alpha value is -1.97. The summed E-state index contributed by atoms with van der Waals surface area (Å²) in [4.78, 5) is 4.38. The molecule has 0 aliphatic rings. The molecule has 0 fully saturated rings. The fourth-order valence-electron chi connectivity index (χ4n) is 1.53. The van der Waals surface area contributed by atoms with E-state index in [4.69, 9.17) is 0 Å². The van der Waals surface area contributed by atoms with E-state index in [9.17, 15) is 0 Å². The highest BCUT2D eigenvalue weighted by Crippen LogP contribution is 2.21. The van der Waals surface area contributed by atoms with Crippen molar-refractivity contribution in [1.82, 2.24) is 15.4 Å². The van der Waals surface area contributed by atoms with Gasteiger partial charge in [-0.15, -0.1) is 0 Å². The van der Waals surface area contributed by atoms with Gasteiger partial charge in [-0.25, -0.2) is 0 Å². The first-order chi connectivity index (χ1) is 8.07. The average molecular weight is 228 g/mol. The Bertz CT molecular complexity index is 506. The summed E-state index contributed by atoms with van der Waals surface area (Å²) in [6, 6.07) is 9.79. The van der Waals surface area contributed by atoms with Crippen LogP contribution in [0.3, 0.4) is 0 Å². The van der Waals surface area contributed by atoms with Crippen LogP contribution in [0.1, 0.15) is 32.2 Å². The van der Waals surface area contributed by atoms with Crippen molar-refractivity contribution in [3.8, 4) is 0 Å². The molecule has 0 spiro atoms. The maximum Gasteiger partial charge on any atom is 0.127 e. The number of rotatable bonds is 2. The highest BCUT2D eigenvalue weighted by Gasteiger charge is 2.21. The Balaban J connectivity index is 2.26. The van der Waals surface area contributed by atoms with Gasteiger partial charge in [-0.3, -0.25) is 4.99 Å². The normalized spacial score (nSPS) is 12.2. The van der Waals surface area contributed by atoms with Crippen molar-refractivity contribution < 1.29 is 0 Å². The molecule has 0 saturated heterocycles. The minimum Gasteiger partial charge on any atom is -0.255 e. The lowest BCUT2D eigenvalue weighted by Gasteiger charge is -2.14. The van der Waals surface area contributed by atoms with Gasteiger partial charge in [0.25, 0.3) is 0 Å². The molecule has 0 atom stereocenters. The van der Waals surface area contributed by atoms with Crippen LogP contribution in [0.4, 0.5) is 5.69 Å². The first-order valence-corrected chi connectivity index (χ1v) is 5.58. The number of aliphatic imine (C=N–C) groups is 1. The minimum absolute atomic E-state index is 0.0367. The molecule has 4 nitrogen and oxygen atoms in total. The molecule has 0 aliphatic heterocycles. The average Bonchev–Trinajstić information content (AvgIpc) is 2.75. The van der Waals surface area contributed by atoms with E-state index in [1.54, 1.807) is 6.21 Å².